The van der Waals surface area contributed by atoms with Gasteiger partial charge in [-0.15, -0.1) is 0 Å². The molecule has 4 N–H and O–H groups in total. The number of esters is 2. The van der Waals surface area contributed by atoms with E-state index in [1.807, 2.05) is 51.2 Å². The maximum Gasteiger partial charge on any atom is 0.329 e. The lowest BCUT2D eigenvalue weighted by Crippen LogP contribution is -2.60. The first-order chi connectivity index (χ1) is 33.5. The Labute approximate surface area is 421 Å². The quantitative estimate of drug-likeness (QED) is 0.116. The first-order valence-corrected chi connectivity index (χ1v) is 25.9. The number of cyclic esters (lactones) is 1. The number of aliphatic hydroxyl groups excluding tert-OH is 3. The van der Waals surface area contributed by atoms with Crippen molar-refractivity contribution >= 4 is 35.2 Å². The van der Waals surface area contributed by atoms with E-state index in [9.17, 15) is 49.2 Å². The van der Waals surface area contributed by atoms with E-state index in [1.165, 1.54) is 26.0 Å². The fraction of sp³-hybridized carbons (Fsp3) is 0.745. The molecule has 0 radical (unpaired) electrons. The fourth-order valence-electron chi connectivity index (χ4n) is 10.4. The summed E-state index contributed by atoms with van der Waals surface area (Å²) in [6.07, 6.45) is 11.7. The Morgan fingerprint density at radius 3 is 2.27 bits per heavy atom. The van der Waals surface area contributed by atoms with Crippen molar-refractivity contribution < 1.29 is 72.9 Å². The van der Waals surface area contributed by atoms with Crippen molar-refractivity contribution in [3.8, 4) is 0 Å². The van der Waals surface area contributed by atoms with Gasteiger partial charge < -0.3 is 49.0 Å². The monoisotopic (exact) mass is 1000 g/mol. The van der Waals surface area contributed by atoms with Gasteiger partial charge in [0.15, 0.2) is 5.78 Å². The normalized spacial score (nSPS) is 37.1. The minimum Gasteiger partial charge on any atom is -0.460 e. The first-order valence-electron chi connectivity index (χ1n) is 25.9. The summed E-state index contributed by atoms with van der Waals surface area (Å²) in [5, 5.41) is 42.9. The van der Waals surface area contributed by atoms with Crippen LogP contribution in [0.2, 0.25) is 0 Å². The summed E-state index contributed by atoms with van der Waals surface area (Å²) >= 11 is 0. The number of carbonyl (C=O) groups excluding carboxylic acids is 6. The predicted molar refractivity (Wildman–Crippen MR) is 265 cm³/mol. The molecule has 3 fully saturated rings. The molecular weight excluding hydrogens is 915 g/mol. The van der Waals surface area contributed by atoms with E-state index in [0.29, 0.717) is 76.2 Å². The molecule has 0 aromatic heterocycles. The molecule has 4 rings (SSSR count). The summed E-state index contributed by atoms with van der Waals surface area (Å²) in [4.78, 5) is 85.0. The number of hydrogen-bond acceptors (Lipinski definition) is 15. The summed E-state index contributed by atoms with van der Waals surface area (Å²) in [6.45, 7) is 12.9. The maximum absolute atomic E-state index is 14.5. The summed E-state index contributed by atoms with van der Waals surface area (Å²) in [6, 6.07) is -1.18. The zero-order valence-electron chi connectivity index (χ0n) is 44.0. The molecule has 3 heterocycles. The molecule has 0 aromatic rings. The smallest absolute Gasteiger partial charge is 0.329 e. The van der Waals surface area contributed by atoms with Crippen LogP contribution in [0.1, 0.15) is 139 Å². The molecule has 16 nitrogen and oxygen atoms in total. The summed E-state index contributed by atoms with van der Waals surface area (Å²) < 4.78 is 29.5. The van der Waals surface area contributed by atoms with Gasteiger partial charge in [-0.2, -0.15) is 0 Å². The molecule has 1 amide bonds. The van der Waals surface area contributed by atoms with Crippen LogP contribution in [-0.2, 0) is 52.5 Å². The van der Waals surface area contributed by atoms with Gasteiger partial charge in [0.1, 0.15) is 41.7 Å². The third kappa shape index (κ3) is 15.8. The molecule has 0 unspecified atom stereocenters. The number of fused-ring (bicyclic) bond motifs is 3. The standard InChI is InChI=1S/C55H85NO15/c1-33-16-12-11-13-17-34(2)26-37(5)47(60)49(68-10)48(61)38(6)27-35(3)43(59)30-45(36(4)28-40-21-24-44(46(29-40)67-9)70-53(65)54(8,31-57)32-58)69-52(64)42-18-14-15-25-56(42)51(63)50(62)55(66)39(7)20-23-41(71-55)22-19-33/h11-13,16-17,27,34-37,39-42,44-46,48-49,57-58,61,66H,14-15,18-26,28-32H2,1-10H3/b12-11+,17-13+,33-16+,38-27+/t34-,35-,36-,37-,39-,40+,41-,42+,44-,45+,46-,48-,49+,55-/m1/s1. The highest BCUT2D eigenvalue weighted by Gasteiger charge is 2.53. The van der Waals surface area contributed by atoms with Crippen LogP contribution < -0.4 is 0 Å². The number of ether oxygens (including phenoxy) is 5. The van der Waals surface area contributed by atoms with Gasteiger partial charge in [-0.25, -0.2) is 4.79 Å². The van der Waals surface area contributed by atoms with Crippen molar-refractivity contribution in [3.63, 3.8) is 0 Å². The zero-order chi connectivity index (χ0) is 52.8. The van der Waals surface area contributed by atoms with Crippen LogP contribution in [-0.4, -0.2) is 143 Å². The van der Waals surface area contributed by atoms with Crippen LogP contribution in [0, 0.1) is 40.9 Å². The topological polar surface area (TPSA) is 233 Å². The van der Waals surface area contributed by atoms with Crippen LogP contribution in [0.5, 0.6) is 0 Å². The van der Waals surface area contributed by atoms with E-state index in [1.54, 1.807) is 33.8 Å². The minimum atomic E-state index is -2.40. The van der Waals surface area contributed by atoms with Crippen LogP contribution in [0.3, 0.4) is 0 Å². The molecule has 2 bridgehead atoms. The molecule has 1 aliphatic carbocycles. The molecule has 0 aromatic carbocycles. The van der Waals surface area contributed by atoms with Gasteiger partial charge in [0.2, 0.25) is 5.79 Å². The second-order valence-electron chi connectivity index (χ2n) is 21.5. The molecule has 3 aliphatic heterocycles. The summed E-state index contributed by atoms with van der Waals surface area (Å²) in [5.74, 6) is -9.05. The zero-order valence-corrected chi connectivity index (χ0v) is 44.0. The van der Waals surface area contributed by atoms with E-state index < -0.39 is 114 Å². The molecular formula is C55H85NO15. The van der Waals surface area contributed by atoms with E-state index in [4.69, 9.17) is 23.7 Å². The number of amides is 1. The Morgan fingerprint density at radius 2 is 1.61 bits per heavy atom. The molecule has 1 saturated carbocycles. The lowest BCUT2D eigenvalue weighted by Gasteiger charge is -2.42. The molecule has 4 aliphatic rings. The van der Waals surface area contributed by atoms with Crippen molar-refractivity contribution in [3.05, 3.63) is 47.6 Å². The highest BCUT2D eigenvalue weighted by Crippen LogP contribution is 2.38. The molecule has 0 spiro atoms. The van der Waals surface area contributed by atoms with Crippen LogP contribution in [0.25, 0.3) is 0 Å². The van der Waals surface area contributed by atoms with Gasteiger partial charge in [-0.05, 0) is 121 Å². The molecule has 16 heteroatoms. The van der Waals surface area contributed by atoms with Crippen molar-refractivity contribution in [1.29, 1.82) is 0 Å². The van der Waals surface area contributed by atoms with Gasteiger partial charge >= 0.3 is 11.9 Å². The Hall–Kier alpha value is -3.90. The van der Waals surface area contributed by atoms with Gasteiger partial charge in [-0.3, -0.25) is 24.0 Å². The van der Waals surface area contributed by atoms with Gasteiger partial charge in [0.05, 0.1) is 25.4 Å². The second kappa shape index (κ2) is 27.4. The number of Topliss-reactive ketones (excluding diaryl/α,β-unsaturated/α-hetero) is 3. The van der Waals surface area contributed by atoms with Crippen LogP contribution in [0.15, 0.2) is 47.6 Å². The number of rotatable bonds is 9. The Kier molecular flexibility index (Phi) is 23.0. The van der Waals surface area contributed by atoms with Crippen molar-refractivity contribution in [2.24, 2.45) is 40.9 Å². The SMILES string of the molecule is CO[C@@H]1C[C@H](C[C@@H](C)[C@@H]2CC(=O)[C@H](C)/C=C(\C)[C@@H](O)[C@@H](OC)C(=O)[C@H](C)C[C@H](C)/C=C/C=C/C=C(\C)CC[C@@H]3CC[C@@H](C)[C@@](O)(O3)C(=O)C(=O)N3CCCC[C@H]3C(=O)O2)CC[C@H]1OC(=O)C(C)(CO)CO. The first kappa shape index (κ1) is 59.7. The van der Waals surface area contributed by atoms with Crippen molar-refractivity contribution in [1.82, 2.24) is 4.90 Å². The number of hydrogen-bond donors (Lipinski definition) is 4. The number of ketones is 3. The van der Waals surface area contributed by atoms with E-state index in [2.05, 4.69) is 0 Å². The van der Waals surface area contributed by atoms with Crippen molar-refractivity contribution in [2.75, 3.05) is 34.0 Å². The third-order valence-electron chi connectivity index (χ3n) is 15.5. The lowest BCUT2D eigenvalue weighted by atomic mass is 9.78. The number of aliphatic hydroxyl groups is 4. The number of piperidine rings is 1. The summed E-state index contributed by atoms with van der Waals surface area (Å²) in [5.41, 5.74) is -0.0802. The molecule has 14 atom stereocenters. The predicted octanol–water partition coefficient (Wildman–Crippen LogP) is 6.10. The van der Waals surface area contributed by atoms with E-state index in [0.717, 1.165) is 5.57 Å². The van der Waals surface area contributed by atoms with Gasteiger partial charge in [0.25, 0.3) is 11.7 Å². The largest absolute Gasteiger partial charge is 0.460 e. The Morgan fingerprint density at radius 1 is 0.901 bits per heavy atom. The number of nitrogens with zero attached hydrogens (tertiary/aromatic N) is 1. The lowest BCUT2D eigenvalue weighted by molar-refractivity contribution is -0.263. The average Bonchev–Trinajstić information content (AvgIpc) is 3.35. The Bertz CT molecular complexity index is 1950. The fourth-order valence-corrected chi connectivity index (χ4v) is 10.4. The number of allylic oxidation sites excluding steroid dienone is 7. The molecule has 71 heavy (non-hydrogen) atoms. The second-order valence-corrected chi connectivity index (χ2v) is 21.5. The average molecular weight is 1000 g/mol. The van der Waals surface area contributed by atoms with Crippen LogP contribution in [0.4, 0.5) is 0 Å². The summed E-state index contributed by atoms with van der Waals surface area (Å²) in [7, 11) is 2.87. The third-order valence-corrected chi connectivity index (χ3v) is 15.5. The van der Waals surface area contributed by atoms with Crippen molar-refractivity contribution in [2.45, 2.75) is 187 Å². The molecule has 400 valence electrons. The highest BCUT2D eigenvalue weighted by molar-refractivity contribution is 6.39. The van der Waals surface area contributed by atoms with E-state index >= 15 is 0 Å². The van der Waals surface area contributed by atoms with Crippen LogP contribution >= 0.6 is 0 Å². The van der Waals surface area contributed by atoms with Gasteiger partial charge in [0, 0.05) is 44.9 Å². The number of carbonyl (C=O) groups is 6. The van der Waals surface area contributed by atoms with Gasteiger partial charge in [-0.1, -0.05) is 76.6 Å². The Balaban J connectivity index is 1.67. The number of methoxy groups -OCH3 is 2. The van der Waals surface area contributed by atoms with E-state index in [-0.39, 0.29) is 42.8 Å². The highest BCUT2D eigenvalue weighted by atomic mass is 16.6. The minimum absolute atomic E-state index is 0.0238. The maximum atomic E-state index is 14.5. The molecule has 2 saturated heterocycles.